The molecule has 0 saturated heterocycles. The summed E-state index contributed by atoms with van der Waals surface area (Å²) in [5, 5.41) is 1.11. The van der Waals surface area contributed by atoms with Crippen molar-refractivity contribution in [2.24, 2.45) is 0 Å². The van der Waals surface area contributed by atoms with E-state index in [4.69, 9.17) is 37.4 Å². The van der Waals surface area contributed by atoms with E-state index in [1.54, 1.807) is 25.1 Å². The maximum absolute atomic E-state index is 12.0. The lowest BCUT2D eigenvalue weighted by Crippen LogP contribution is -2.28. The van der Waals surface area contributed by atoms with Crippen LogP contribution >= 0.6 is 23.2 Å². The molecule has 0 amide bonds. The Bertz CT molecular complexity index is 935. The third kappa shape index (κ3) is 9.06. The summed E-state index contributed by atoms with van der Waals surface area (Å²) in [6.45, 7) is 6.72. The first-order valence-electron chi connectivity index (χ1n) is 10.1. The van der Waals surface area contributed by atoms with Gasteiger partial charge in [0.15, 0.2) is 6.10 Å². The number of hydrogen-bond acceptors (Lipinski definition) is 4. The minimum Gasteiger partial charge on any atom is -0.490 e. The maximum Gasteiger partial charge on any atom is 0.335 e. The van der Waals surface area contributed by atoms with Crippen molar-refractivity contribution in [1.29, 1.82) is 0 Å². The highest BCUT2D eigenvalue weighted by Crippen LogP contribution is 2.18. The summed E-state index contributed by atoms with van der Waals surface area (Å²) in [7, 11) is 0. The van der Waals surface area contributed by atoms with Gasteiger partial charge in [0.1, 0.15) is 12.4 Å². The quantitative estimate of drug-likeness (QED) is 0.346. The third-order valence-electron chi connectivity index (χ3n) is 4.17. The number of carbonyl (C=O) groups is 1. The average Bonchev–Trinajstić information content (AvgIpc) is 2.72. The van der Waals surface area contributed by atoms with Gasteiger partial charge in [0.2, 0.25) is 0 Å². The second-order valence-electron chi connectivity index (χ2n) is 6.65. The van der Waals surface area contributed by atoms with Crippen molar-refractivity contribution in [1.82, 2.24) is 0 Å². The van der Waals surface area contributed by atoms with Crippen LogP contribution in [0, 0.1) is 11.8 Å². The Morgan fingerprint density at radius 1 is 1.06 bits per heavy atom. The fourth-order valence-electron chi connectivity index (χ4n) is 2.69. The van der Waals surface area contributed by atoms with Crippen molar-refractivity contribution in [3.8, 4) is 17.6 Å². The van der Waals surface area contributed by atoms with Crippen molar-refractivity contribution >= 4 is 29.2 Å². The highest BCUT2D eigenvalue weighted by Gasteiger charge is 2.20. The van der Waals surface area contributed by atoms with Crippen LogP contribution in [-0.4, -0.2) is 31.9 Å². The Hall–Kier alpha value is -2.45. The third-order valence-corrected chi connectivity index (χ3v) is 4.60. The molecule has 2 aromatic carbocycles. The SMILES string of the molecule is CCOC(=O)C(Cc1ccc(OC/C=C(\C)C#Cc2cc(Cl)cc(Cl)c2)cc1)OCC. The summed E-state index contributed by atoms with van der Waals surface area (Å²) in [6, 6.07) is 12.8. The zero-order chi connectivity index (χ0) is 22.6. The number of halogens is 2. The predicted octanol–water partition coefficient (Wildman–Crippen LogP) is 5.88. The summed E-state index contributed by atoms with van der Waals surface area (Å²) in [5.41, 5.74) is 2.60. The van der Waals surface area contributed by atoms with Gasteiger partial charge in [-0.1, -0.05) is 47.2 Å². The average molecular weight is 461 g/mol. The van der Waals surface area contributed by atoms with E-state index in [9.17, 15) is 4.79 Å². The molecule has 2 aromatic rings. The van der Waals surface area contributed by atoms with Gasteiger partial charge in [-0.15, -0.1) is 0 Å². The zero-order valence-electron chi connectivity index (χ0n) is 17.9. The van der Waals surface area contributed by atoms with Gasteiger partial charge >= 0.3 is 5.97 Å². The van der Waals surface area contributed by atoms with E-state index in [-0.39, 0.29) is 5.97 Å². The Morgan fingerprint density at radius 2 is 1.74 bits per heavy atom. The zero-order valence-corrected chi connectivity index (χ0v) is 19.4. The summed E-state index contributed by atoms with van der Waals surface area (Å²) in [4.78, 5) is 12.0. The number of esters is 1. The number of ether oxygens (including phenoxy) is 3. The molecule has 0 spiro atoms. The fraction of sp³-hybridized carbons (Fsp3) is 0.320. The van der Waals surface area contributed by atoms with E-state index in [1.807, 2.05) is 44.2 Å². The van der Waals surface area contributed by atoms with Gasteiger partial charge in [-0.2, -0.15) is 0 Å². The lowest BCUT2D eigenvalue weighted by molar-refractivity contribution is -0.156. The van der Waals surface area contributed by atoms with Crippen LogP contribution in [0.3, 0.4) is 0 Å². The molecule has 164 valence electrons. The molecule has 0 saturated carbocycles. The smallest absolute Gasteiger partial charge is 0.335 e. The molecule has 0 fully saturated rings. The Labute approximate surface area is 194 Å². The standard InChI is InChI=1S/C25H26Cl2O4/c1-4-29-24(25(28)30-5-2)16-19-8-10-23(11-9-19)31-13-12-18(3)6-7-20-14-21(26)17-22(27)15-20/h8-12,14-15,17,24H,4-5,13,16H2,1-3H3/b18-12+. The van der Waals surface area contributed by atoms with E-state index in [2.05, 4.69) is 11.8 Å². The lowest BCUT2D eigenvalue weighted by Gasteiger charge is -2.15. The molecule has 1 atom stereocenters. The van der Waals surface area contributed by atoms with Crippen LogP contribution in [0.2, 0.25) is 10.0 Å². The lowest BCUT2D eigenvalue weighted by atomic mass is 10.1. The topological polar surface area (TPSA) is 44.8 Å². The number of allylic oxidation sites excluding steroid dienone is 1. The molecule has 1 unspecified atom stereocenters. The first-order valence-corrected chi connectivity index (χ1v) is 10.8. The molecule has 31 heavy (non-hydrogen) atoms. The first kappa shape index (κ1) is 24.8. The van der Waals surface area contributed by atoms with Crippen molar-refractivity contribution < 1.29 is 19.0 Å². The van der Waals surface area contributed by atoms with Gasteiger partial charge in [-0.25, -0.2) is 4.79 Å². The van der Waals surface area contributed by atoms with Crippen LogP contribution in [-0.2, 0) is 20.7 Å². The monoisotopic (exact) mass is 460 g/mol. The van der Waals surface area contributed by atoms with Crippen LogP contribution in [0.25, 0.3) is 0 Å². The molecular weight excluding hydrogens is 435 g/mol. The molecule has 0 N–H and O–H groups in total. The van der Waals surface area contributed by atoms with Crippen molar-refractivity contribution in [3.05, 3.63) is 75.3 Å². The van der Waals surface area contributed by atoms with Crippen LogP contribution in [0.15, 0.2) is 54.1 Å². The van der Waals surface area contributed by atoms with Gasteiger partial charge in [0.05, 0.1) is 6.61 Å². The summed E-state index contributed by atoms with van der Waals surface area (Å²) in [5.74, 6) is 6.48. The Morgan fingerprint density at radius 3 is 2.35 bits per heavy atom. The van der Waals surface area contributed by atoms with Crippen LogP contribution in [0.5, 0.6) is 5.75 Å². The molecule has 0 aliphatic rings. The van der Waals surface area contributed by atoms with Crippen molar-refractivity contribution in [2.45, 2.75) is 33.3 Å². The van der Waals surface area contributed by atoms with Gasteiger partial charge in [-0.3, -0.25) is 0 Å². The van der Waals surface area contributed by atoms with Gasteiger partial charge in [-0.05, 0) is 68.3 Å². The molecule has 0 heterocycles. The van der Waals surface area contributed by atoms with Gasteiger partial charge in [0, 0.05) is 28.6 Å². The second kappa shape index (κ2) is 13.1. The van der Waals surface area contributed by atoms with E-state index in [1.165, 1.54) is 0 Å². The minimum atomic E-state index is -0.602. The number of carbonyl (C=O) groups excluding carboxylic acids is 1. The minimum absolute atomic E-state index is 0.333. The number of hydrogen-bond donors (Lipinski definition) is 0. The van der Waals surface area contributed by atoms with Crippen LogP contribution in [0.4, 0.5) is 0 Å². The van der Waals surface area contributed by atoms with Gasteiger partial charge in [0.25, 0.3) is 0 Å². The van der Waals surface area contributed by atoms with Crippen molar-refractivity contribution in [2.75, 3.05) is 19.8 Å². The molecule has 0 aromatic heterocycles. The largest absolute Gasteiger partial charge is 0.490 e. The molecule has 0 aliphatic carbocycles. The number of benzene rings is 2. The summed E-state index contributed by atoms with van der Waals surface area (Å²) < 4.78 is 16.3. The maximum atomic E-state index is 12.0. The normalized spacial score (nSPS) is 12.0. The summed E-state index contributed by atoms with van der Waals surface area (Å²) >= 11 is 12.0. The number of rotatable bonds is 9. The molecule has 0 radical (unpaired) electrons. The fourth-order valence-corrected chi connectivity index (χ4v) is 3.22. The van der Waals surface area contributed by atoms with E-state index >= 15 is 0 Å². The highest BCUT2D eigenvalue weighted by atomic mass is 35.5. The van der Waals surface area contributed by atoms with E-state index in [0.29, 0.717) is 36.3 Å². The Balaban J connectivity index is 1.90. The Kier molecular flexibility index (Phi) is 10.5. The molecular formula is C25H26Cl2O4. The first-order chi connectivity index (χ1) is 14.9. The second-order valence-corrected chi connectivity index (χ2v) is 7.52. The predicted molar refractivity (Wildman–Crippen MR) is 125 cm³/mol. The molecule has 4 nitrogen and oxygen atoms in total. The van der Waals surface area contributed by atoms with Crippen LogP contribution in [0.1, 0.15) is 31.9 Å². The van der Waals surface area contributed by atoms with E-state index < -0.39 is 6.10 Å². The van der Waals surface area contributed by atoms with Gasteiger partial charge < -0.3 is 14.2 Å². The molecule has 6 heteroatoms. The molecule has 0 aliphatic heterocycles. The van der Waals surface area contributed by atoms with Crippen molar-refractivity contribution in [3.63, 3.8) is 0 Å². The summed E-state index contributed by atoms with van der Waals surface area (Å²) in [6.07, 6.45) is 1.75. The highest BCUT2D eigenvalue weighted by molar-refractivity contribution is 6.34. The molecule has 0 bridgehead atoms. The van der Waals surface area contributed by atoms with E-state index in [0.717, 1.165) is 22.4 Å². The van der Waals surface area contributed by atoms with Crippen LogP contribution < -0.4 is 4.74 Å². The molecule has 2 rings (SSSR count).